The van der Waals surface area contributed by atoms with Gasteiger partial charge in [-0.25, -0.2) is 9.18 Å². The van der Waals surface area contributed by atoms with Gasteiger partial charge in [-0.05, 0) is 35.4 Å². The molecule has 0 unspecified atom stereocenters. The van der Waals surface area contributed by atoms with Gasteiger partial charge in [-0.3, -0.25) is 9.59 Å². The van der Waals surface area contributed by atoms with Gasteiger partial charge in [-0.1, -0.05) is 41.9 Å². The number of carboxylic acids is 1. The number of aromatic nitrogens is 1. The fraction of sp³-hybridized carbons (Fsp3) is 0.174. The molecule has 1 atom stereocenters. The summed E-state index contributed by atoms with van der Waals surface area (Å²) >= 11 is 6.04. The number of amides is 2. The van der Waals surface area contributed by atoms with Crippen LogP contribution in [0.15, 0.2) is 65.6 Å². The summed E-state index contributed by atoms with van der Waals surface area (Å²) in [6.07, 6.45) is 1.08. The molecule has 33 heavy (non-hydrogen) atoms. The van der Waals surface area contributed by atoms with Gasteiger partial charge in [0.25, 0.3) is 5.56 Å². The number of carbonyl (C=O) groups is 2. The third kappa shape index (κ3) is 6.18. The molecule has 8 nitrogen and oxygen atoms in total. The molecule has 3 aromatic rings. The summed E-state index contributed by atoms with van der Waals surface area (Å²) < 4.78 is 15.3. The standard InChI is InChI=1S/C23H22ClFN4O4/c24-17-3-1-4-18(25)16(17)13-29-10-2-5-19(22(29)32)27-23(33)28-20(11-21(30)31)15-8-6-14(12-26)7-9-15/h1-10,20H,11-13,26H2,(H,30,31)(H2,27,28,33)/t20-/m0/s1. The molecule has 5 N–H and O–H groups in total. The lowest BCUT2D eigenvalue weighted by Gasteiger charge is -2.18. The van der Waals surface area contributed by atoms with E-state index in [1.54, 1.807) is 24.3 Å². The van der Waals surface area contributed by atoms with Gasteiger partial charge in [0.15, 0.2) is 0 Å². The molecule has 0 radical (unpaired) electrons. The van der Waals surface area contributed by atoms with E-state index in [-0.39, 0.29) is 29.2 Å². The minimum atomic E-state index is -1.10. The first-order valence-corrected chi connectivity index (χ1v) is 10.4. The van der Waals surface area contributed by atoms with Crippen molar-refractivity contribution in [3.8, 4) is 0 Å². The highest BCUT2D eigenvalue weighted by atomic mass is 35.5. The van der Waals surface area contributed by atoms with E-state index in [0.29, 0.717) is 12.1 Å². The summed E-state index contributed by atoms with van der Waals surface area (Å²) in [6, 6.07) is 12.4. The summed E-state index contributed by atoms with van der Waals surface area (Å²) in [5, 5.41) is 14.4. The lowest BCUT2D eigenvalue weighted by molar-refractivity contribution is -0.137. The number of hydrogen-bond acceptors (Lipinski definition) is 4. The van der Waals surface area contributed by atoms with Crippen LogP contribution in [0.25, 0.3) is 0 Å². The van der Waals surface area contributed by atoms with E-state index in [0.717, 1.165) is 5.56 Å². The Labute approximate surface area is 193 Å². The maximum Gasteiger partial charge on any atom is 0.319 e. The summed E-state index contributed by atoms with van der Waals surface area (Å²) in [5.41, 5.74) is 6.52. The number of hydrogen-bond donors (Lipinski definition) is 4. The van der Waals surface area contributed by atoms with Gasteiger partial charge >= 0.3 is 12.0 Å². The van der Waals surface area contributed by atoms with Crippen molar-refractivity contribution in [2.24, 2.45) is 5.73 Å². The Balaban J connectivity index is 1.77. The van der Waals surface area contributed by atoms with Crippen LogP contribution in [0.4, 0.5) is 14.9 Å². The average molecular weight is 473 g/mol. The molecular weight excluding hydrogens is 451 g/mol. The van der Waals surface area contributed by atoms with Crippen molar-refractivity contribution in [3.63, 3.8) is 0 Å². The largest absolute Gasteiger partial charge is 0.481 e. The molecule has 0 saturated carbocycles. The zero-order valence-electron chi connectivity index (χ0n) is 17.4. The minimum Gasteiger partial charge on any atom is -0.481 e. The number of carboxylic acid groups (broad SMARTS) is 1. The van der Waals surface area contributed by atoms with E-state index >= 15 is 0 Å². The van der Waals surface area contributed by atoms with Gasteiger partial charge in [0.1, 0.15) is 11.5 Å². The van der Waals surface area contributed by atoms with Crippen LogP contribution in [0.2, 0.25) is 5.02 Å². The molecule has 0 spiro atoms. The maximum absolute atomic E-state index is 14.1. The first-order valence-electron chi connectivity index (χ1n) is 9.99. The third-order valence-corrected chi connectivity index (χ3v) is 5.31. The zero-order chi connectivity index (χ0) is 24.0. The highest BCUT2D eigenvalue weighted by molar-refractivity contribution is 6.31. The molecule has 10 heteroatoms. The van der Waals surface area contributed by atoms with E-state index in [2.05, 4.69) is 10.6 Å². The van der Waals surface area contributed by atoms with Crippen molar-refractivity contribution in [1.82, 2.24) is 9.88 Å². The van der Waals surface area contributed by atoms with Crippen molar-refractivity contribution in [2.45, 2.75) is 25.6 Å². The van der Waals surface area contributed by atoms with Gasteiger partial charge in [-0.15, -0.1) is 0 Å². The van der Waals surface area contributed by atoms with Gasteiger partial charge in [-0.2, -0.15) is 0 Å². The number of halogens is 2. The minimum absolute atomic E-state index is 0.0602. The first kappa shape index (κ1) is 24.0. The van der Waals surface area contributed by atoms with Crippen LogP contribution in [-0.4, -0.2) is 21.7 Å². The smallest absolute Gasteiger partial charge is 0.319 e. The molecule has 2 amide bonds. The van der Waals surface area contributed by atoms with E-state index in [1.165, 1.54) is 41.1 Å². The van der Waals surface area contributed by atoms with Gasteiger partial charge in [0.05, 0.1) is 19.0 Å². The average Bonchev–Trinajstić information content (AvgIpc) is 2.78. The normalized spacial score (nSPS) is 11.6. The highest BCUT2D eigenvalue weighted by Gasteiger charge is 2.19. The lowest BCUT2D eigenvalue weighted by atomic mass is 10.0. The number of pyridine rings is 1. The number of nitrogens with zero attached hydrogens (tertiary/aromatic N) is 1. The third-order valence-electron chi connectivity index (χ3n) is 4.96. The predicted octanol–water partition coefficient (Wildman–Crippen LogP) is 3.49. The fourth-order valence-corrected chi connectivity index (χ4v) is 3.46. The monoisotopic (exact) mass is 472 g/mol. The molecule has 1 heterocycles. The fourth-order valence-electron chi connectivity index (χ4n) is 3.24. The summed E-state index contributed by atoms with van der Waals surface area (Å²) in [5.74, 6) is -1.66. The summed E-state index contributed by atoms with van der Waals surface area (Å²) in [6.45, 7) is 0.201. The van der Waals surface area contributed by atoms with Crippen LogP contribution in [-0.2, 0) is 17.9 Å². The lowest BCUT2D eigenvalue weighted by Crippen LogP contribution is -2.36. The molecular formula is C23H22ClFN4O4. The number of urea groups is 1. The quantitative estimate of drug-likeness (QED) is 0.399. The zero-order valence-corrected chi connectivity index (χ0v) is 18.2. The van der Waals surface area contributed by atoms with E-state index in [9.17, 15) is 23.9 Å². The maximum atomic E-state index is 14.1. The molecule has 1 aromatic heterocycles. The second-order valence-corrected chi connectivity index (χ2v) is 7.66. The second kappa shape index (κ2) is 10.8. The molecule has 0 bridgehead atoms. The van der Waals surface area contributed by atoms with Gasteiger partial charge in [0.2, 0.25) is 0 Å². The molecule has 0 aliphatic carbocycles. The molecule has 0 fully saturated rings. The molecule has 0 saturated heterocycles. The van der Waals surface area contributed by atoms with E-state index in [4.69, 9.17) is 17.3 Å². The van der Waals surface area contributed by atoms with Crippen molar-refractivity contribution < 1.29 is 19.1 Å². The van der Waals surface area contributed by atoms with Gasteiger partial charge < -0.3 is 26.0 Å². The SMILES string of the molecule is NCc1ccc([C@H](CC(=O)O)NC(=O)Nc2cccn(Cc3c(F)cccc3Cl)c2=O)cc1. The topological polar surface area (TPSA) is 126 Å². The number of rotatable bonds is 8. The Hall–Kier alpha value is -3.69. The Morgan fingerprint density at radius 1 is 1.12 bits per heavy atom. The summed E-state index contributed by atoms with van der Waals surface area (Å²) in [7, 11) is 0. The molecule has 172 valence electrons. The van der Waals surface area contributed by atoms with Crippen LogP contribution < -0.4 is 21.9 Å². The van der Waals surface area contributed by atoms with Crippen molar-refractivity contribution in [1.29, 1.82) is 0 Å². The van der Waals surface area contributed by atoms with Crippen molar-refractivity contribution in [3.05, 3.63) is 98.7 Å². The number of aliphatic carboxylic acids is 1. The second-order valence-electron chi connectivity index (χ2n) is 7.25. The van der Waals surface area contributed by atoms with Gasteiger partial charge in [0, 0.05) is 23.3 Å². The molecule has 0 aliphatic rings. The van der Waals surface area contributed by atoms with Crippen molar-refractivity contribution in [2.75, 3.05) is 5.32 Å². The van der Waals surface area contributed by atoms with E-state index < -0.39 is 29.4 Å². The predicted molar refractivity (Wildman–Crippen MR) is 123 cm³/mol. The van der Waals surface area contributed by atoms with Crippen LogP contribution in [0, 0.1) is 5.82 Å². The number of nitrogens with two attached hydrogens (primary N) is 1. The number of nitrogens with one attached hydrogen (secondary N) is 2. The molecule has 2 aromatic carbocycles. The Kier molecular flexibility index (Phi) is 7.81. The van der Waals surface area contributed by atoms with Crippen LogP contribution in [0.5, 0.6) is 0 Å². The molecule has 0 aliphatic heterocycles. The highest BCUT2D eigenvalue weighted by Crippen LogP contribution is 2.20. The Morgan fingerprint density at radius 2 is 1.85 bits per heavy atom. The summed E-state index contributed by atoms with van der Waals surface area (Å²) in [4.78, 5) is 36.6. The Bertz CT molecular complexity index is 1190. The van der Waals surface area contributed by atoms with Crippen molar-refractivity contribution >= 4 is 29.3 Å². The number of benzene rings is 2. The first-order chi connectivity index (χ1) is 15.8. The van der Waals surface area contributed by atoms with Crippen LogP contribution >= 0.6 is 11.6 Å². The Morgan fingerprint density at radius 3 is 2.48 bits per heavy atom. The number of carbonyl (C=O) groups excluding carboxylic acids is 1. The van der Waals surface area contributed by atoms with E-state index in [1.807, 2.05) is 0 Å². The number of anilines is 1. The van der Waals surface area contributed by atoms with Crippen LogP contribution in [0.1, 0.15) is 29.2 Å². The van der Waals surface area contributed by atoms with Crippen LogP contribution in [0.3, 0.4) is 0 Å². The molecule has 3 rings (SSSR count).